The van der Waals surface area contributed by atoms with E-state index in [9.17, 15) is 9.90 Å². The maximum absolute atomic E-state index is 12.3. The molecule has 0 unspecified atom stereocenters. The number of hydrogen-bond acceptors (Lipinski definition) is 5. The number of rotatable bonds is 4. The summed E-state index contributed by atoms with van der Waals surface area (Å²) in [5, 5.41) is 14.9. The zero-order valence-electron chi connectivity index (χ0n) is 12.9. The zero-order valence-corrected chi connectivity index (χ0v) is 12.9. The van der Waals surface area contributed by atoms with Crippen molar-refractivity contribution in [2.24, 2.45) is 5.92 Å². The number of aromatic nitrogens is 3. The highest BCUT2D eigenvalue weighted by molar-refractivity contribution is 5.75. The highest BCUT2D eigenvalue weighted by atomic mass is 16.3. The van der Waals surface area contributed by atoms with Crippen LogP contribution < -0.4 is 5.56 Å². The van der Waals surface area contributed by atoms with E-state index in [0.29, 0.717) is 17.4 Å². The summed E-state index contributed by atoms with van der Waals surface area (Å²) < 4.78 is 1.33. The summed E-state index contributed by atoms with van der Waals surface area (Å²) in [5.74, 6) is 0.769. The lowest BCUT2D eigenvalue weighted by atomic mass is 9.99. The smallest absolute Gasteiger partial charge is 0.276 e. The van der Waals surface area contributed by atoms with Crippen LogP contribution in [0.2, 0.25) is 0 Å². The van der Waals surface area contributed by atoms with Crippen molar-refractivity contribution in [1.82, 2.24) is 19.7 Å². The van der Waals surface area contributed by atoms with Crippen LogP contribution in [0.5, 0.6) is 0 Å². The minimum absolute atomic E-state index is 0.197. The lowest BCUT2D eigenvalue weighted by Gasteiger charge is -2.31. The molecule has 6 heteroatoms. The molecule has 2 aromatic rings. The van der Waals surface area contributed by atoms with Crippen LogP contribution in [0.1, 0.15) is 19.8 Å². The number of β-amino-alcohol motifs (C(OH)–C–C–N with tert-alkyl or cyclic N) is 1. The Morgan fingerprint density at radius 3 is 2.91 bits per heavy atom. The summed E-state index contributed by atoms with van der Waals surface area (Å²) in [6.45, 7) is 5.10. The molecule has 1 N–H and O–H groups in total. The monoisotopic (exact) mass is 302 g/mol. The number of likely N-dealkylation sites (tertiary alicyclic amines) is 1. The summed E-state index contributed by atoms with van der Waals surface area (Å²) in [6.07, 6.45) is 4.97. The van der Waals surface area contributed by atoms with Crippen LogP contribution in [0.15, 0.2) is 29.3 Å². The van der Waals surface area contributed by atoms with Crippen molar-refractivity contribution in [3.05, 3.63) is 34.9 Å². The minimum Gasteiger partial charge on any atom is -0.390 e. The van der Waals surface area contributed by atoms with Crippen molar-refractivity contribution < 1.29 is 5.11 Å². The minimum atomic E-state index is -0.590. The summed E-state index contributed by atoms with van der Waals surface area (Å²) >= 11 is 0. The molecule has 0 spiro atoms. The van der Waals surface area contributed by atoms with Gasteiger partial charge >= 0.3 is 0 Å². The molecule has 0 aliphatic carbocycles. The molecule has 1 aliphatic rings. The van der Waals surface area contributed by atoms with Gasteiger partial charge in [-0.25, -0.2) is 4.68 Å². The number of aliphatic hydroxyl groups is 1. The largest absolute Gasteiger partial charge is 0.390 e. The molecule has 3 heterocycles. The van der Waals surface area contributed by atoms with Crippen LogP contribution in [0.3, 0.4) is 0 Å². The first-order valence-corrected chi connectivity index (χ1v) is 7.85. The van der Waals surface area contributed by atoms with Gasteiger partial charge in [-0.1, -0.05) is 6.92 Å². The van der Waals surface area contributed by atoms with Gasteiger partial charge in [0.2, 0.25) is 0 Å². The fourth-order valence-corrected chi connectivity index (χ4v) is 2.95. The SMILES string of the molecule is CC1CCN(C[C@H](O)Cn2ncc3ncccc3c2=O)CC1. The van der Waals surface area contributed by atoms with Crippen LogP contribution in [0, 0.1) is 5.92 Å². The number of pyridine rings is 1. The third-order valence-electron chi connectivity index (χ3n) is 4.35. The number of fused-ring (bicyclic) bond motifs is 1. The standard InChI is InChI=1S/C16H22N4O2/c1-12-4-7-19(8-5-12)10-13(21)11-20-16(22)14-3-2-6-17-15(14)9-18-20/h2-3,6,9,12-13,21H,4-5,7-8,10-11H2,1H3/t13-/m0/s1. The summed E-state index contributed by atoms with van der Waals surface area (Å²) in [5.41, 5.74) is 0.389. The molecular formula is C16H22N4O2. The lowest BCUT2D eigenvalue weighted by molar-refractivity contribution is 0.0768. The van der Waals surface area contributed by atoms with Gasteiger partial charge in [-0.15, -0.1) is 0 Å². The van der Waals surface area contributed by atoms with Gasteiger partial charge in [0.25, 0.3) is 5.56 Å². The van der Waals surface area contributed by atoms with Gasteiger partial charge in [-0.3, -0.25) is 9.78 Å². The molecular weight excluding hydrogens is 280 g/mol. The number of hydrogen-bond donors (Lipinski definition) is 1. The second-order valence-corrected chi connectivity index (χ2v) is 6.20. The van der Waals surface area contributed by atoms with Crippen LogP contribution in [-0.2, 0) is 6.54 Å². The van der Waals surface area contributed by atoms with E-state index in [0.717, 1.165) is 19.0 Å². The average molecular weight is 302 g/mol. The Morgan fingerprint density at radius 1 is 1.36 bits per heavy atom. The predicted octanol–water partition coefficient (Wildman–Crippen LogP) is 0.884. The second-order valence-electron chi connectivity index (χ2n) is 6.20. The Hall–Kier alpha value is -1.79. The highest BCUT2D eigenvalue weighted by Crippen LogP contribution is 2.16. The number of piperidine rings is 1. The summed E-state index contributed by atoms with van der Waals surface area (Å²) in [4.78, 5) is 18.7. The number of nitrogens with zero attached hydrogens (tertiary/aromatic N) is 4. The molecule has 1 fully saturated rings. The van der Waals surface area contributed by atoms with Crippen molar-refractivity contribution >= 4 is 10.9 Å². The van der Waals surface area contributed by atoms with Gasteiger partial charge in [0, 0.05) is 12.7 Å². The molecule has 1 aliphatic heterocycles. The van der Waals surface area contributed by atoms with Crippen LogP contribution in [0.25, 0.3) is 10.9 Å². The zero-order chi connectivity index (χ0) is 15.5. The van der Waals surface area contributed by atoms with Crippen LogP contribution in [0.4, 0.5) is 0 Å². The lowest BCUT2D eigenvalue weighted by Crippen LogP contribution is -2.41. The van der Waals surface area contributed by atoms with E-state index >= 15 is 0 Å². The Labute approximate surface area is 129 Å². The summed E-state index contributed by atoms with van der Waals surface area (Å²) in [6, 6.07) is 3.47. The van der Waals surface area contributed by atoms with E-state index < -0.39 is 6.10 Å². The molecule has 0 bridgehead atoms. The normalized spacial score (nSPS) is 18.6. The van der Waals surface area contributed by atoms with E-state index in [-0.39, 0.29) is 12.1 Å². The van der Waals surface area contributed by atoms with Crippen molar-refractivity contribution in [3.8, 4) is 0 Å². The van der Waals surface area contributed by atoms with Crippen LogP contribution in [-0.4, -0.2) is 50.5 Å². The Kier molecular flexibility index (Phi) is 4.49. The fourth-order valence-electron chi connectivity index (χ4n) is 2.95. The van der Waals surface area contributed by atoms with Gasteiger partial charge in [0.05, 0.1) is 29.7 Å². The molecule has 118 valence electrons. The maximum atomic E-state index is 12.3. The molecule has 0 saturated carbocycles. The molecule has 0 aromatic carbocycles. The topological polar surface area (TPSA) is 71.2 Å². The van der Waals surface area contributed by atoms with Gasteiger partial charge in [0.1, 0.15) is 0 Å². The van der Waals surface area contributed by atoms with Gasteiger partial charge in [0.15, 0.2) is 0 Å². The van der Waals surface area contributed by atoms with Crippen molar-refractivity contribution in [2.75, 3.05) is 19.6 Å². The predicted molar refractivity (Wildman–Crippen MR) is 84.6 cm³/mol. The second kappa shape index (κ2) is 6.54. The third kappa shape index (κ3) is 3.34. The average Bonchev–Trinajstić information content (AvgIpc) is 2.53. The maximum Gasteiger partial charge on any atom is 0.276 e. The van der Waals surface area contributed by atoms with E-state index in [1.165, 1.54) is 17.5 Å². The molecule has 22 heavy (non-hydrogen) atoms. The Balaban J connectivity index is 1.67. The van der Waals surface area contributed by atoms with Crippen molar-refractivity contribution in [1.29, 1.82) is 0 Å². The van der Waals surface area contributed by atoms with E-state index in [4.69, 9.17) is 0 Å². The molecule has 2 aromatic heterocycles. The quantitative estimate of drug-likeness (QED) is 0.908. The molecule has 0 amide bonds. The van der Waals surface area contributed by atoms with Gasteiger partial charge in [-0.2, -0.15) is 5.10 Å². The first-order valence-electron chi connectivity index (χ1n) is 7.85. The van der Waals surface area contributed by atoms with E-state index in [1.54, 1.807) is 24.5 Å². The first-order chi connectivity index (χ1) is 10.6. The summed E-state index contributed by atoms with van der Waals surface area (Å²) in [7, 11) is 0. The molecule has 0 radical (unpaired) electrons. The van der Waals surface area contributed by atoms with E-state index in [1.807, 2.05) is 0 Å². The highest BCUT2D eigenvalue weighted by Gasteiger charge is 2.19. The fraction of sp³-hybridized carbons (Fsp3) is 0.562. The number of aliphatic hydroxyl groups excluding tert-OH is 1. The van der Waals surface area contributed by atoms with Crippen molar-refractivity contribution in [2.45, 2.75) is 32.4 Å². The Bertz CT molecular complexity index is 692. The third-order valence-corrected chi connectivity index (χ3v) is 4.35. The van der Waals surface area contributed by atoms with Crippen molar-refractivity contribution in [3.63, 3.8) is 0 Å². The van der Waals surface area contributed by atoms with E-state index in [2.05, 4.69) is 21.9 Å². The van der Waals surface area contributed by atoms with Gasteiger partial charge < -0.3 is 10.0 Å². The van der Waals surface area contributed by atoms with Gasteiger partial charge in [-0.05, 0) is 44.0 Å². The molecule has 1 atom stereocenters. The molecule has 6 nitrogen and oxygen atoms in total. The Morgan fingerprint density at radius 2 is 2.14 bits per heavy atom. The van der Waals surface area contributed by atoms with Crippen LogP contribution >= 0.6 is 0 Å². The first kappa shape index (κ1) is 15.1. The molecule has 3 rings (SSSR count). The molecule has 1 saturated heterocycles.